The first-order valence-corrected chi connectivity index (χ1v) is 6.93. The van der Waals surface area contributed by atoms with Gasteiger partial charge in [-0.1, -0.05) is 0 Å². The molecule has 2 fully saturated rings. The first kappa shape index (κ1) is 12.1. The molecule has 2 unspecified atom stereocenters. The molecule has 6 heteroatoms. The van der Waals surface area contributed by atoms with Crippen molar-refractivity contribution in [2.24, 2.45) is 5.92 Å². The van der Waals surface area contributed by atoms with Crippen molar-refractivity contribution in [3.8, 4) is 0 Å². The van der Waals surface area contributed by atoms with Crippen molar-refractivity contribution in [3.05, 3.63) is 22.9 Å². The Morgan fingerprint density at radius 2 is 2.30 bits per heavy atom. The van der Waals surface area contributed by atoms with Gasteiger partial charge in [0.15, 0.2) is 0 Å². The second kappa shape index (κ2) is 4.43. The molecule has 6 nitrogen and oxygen atoms in total. The van der Waals surface area contributed by atoms with Crippen molar-refractivity contribution in [1.29, 1.82) is 0 Å². The van der Waals surface area contributed by atoms with E-state index in [1.165, 1.54) is 0 Å². The summed E-state index contributed by atoms with van der Waals surface area (Å²) < 4.78 is 11.0. The number of carbonyl (C=O) groups is 1. The molecule has 3 aliphatic heterocycles. The van der Waals surface area contributed by atoms with Crippen molar-refractivity contribution in [1.82, 2.24) is 4.98 Å². The normalized spacial score (nSPS) is 27.7. The van der Waals surface area contributed by atoms with Crippen LogP contribution < -0.4 is 4.90 Å². The van der Waals surface area contributed by atoms with Crippen LogP contribution in [-0.2, 0) is 22.7 Å². The number of aromatic nitrogens is 1. The Morgan fingerprint density at radius 1 is 1.40 bits per heavy atom. The maximum atomic E-state index is 11.5. The van der Waals surface area contributed by atoms with E-state index in [0.29, 0.717) is 24.9 Å². The van der Waals surface area contributed by atoms with Gasteiger partial charge in [-0.25, -0.2) is 9.78 Å². The van der Waals surface area contributed by atoms with E-state index in [4.69, 9.17) is 9.47 Å². The Balaban J connectivity index is 1.72. The minimum atomic E-state index is -0.930. The number of ether oxygens (including phenoxy) is 2. The lowest BCUT2D eigenvalue weighted by Crippen LogP contribution is -2.26. The number of carboxylic acids is 1. The highest BCUT2D eigenvalue weighted by atomic mass is 16.5. The lowest BCUT2D eigenvalue weighted by atomic mass is 10.1. The van der Waals surface area contributed by atoms with E-state index in [1.807, 2.05) is 0 Å². The molecular formula is C14H16N2O4. The monoisotopic (exact) mass is 276 g/mol. The maximum Gasteiger partial charge on any atom is 0.339 e. The van der Waals surface area contributed by atoms with Crippen molar-refractivity contribution >= 4 is 11.8 Å². The molecule has 0 bridgehead atoms. The molecule has 0 spiro atoms. The van der Waals surface area contributed by atoms with Crippen LogP contribution >= 0.6 is 0 Å². The molecule has 1 aromatic rings. The van der Waals surface area contributed by atoms with Gasteiger partial charge >= 0.3 is 5.97 Å². The molecule has 1 N–H and O–H groups in total. The summed E-state index contributed by atoms with van der Waals surface area (Å²) in [6, 6.07) is 1.71. The van der Waals surface area contributed by atoms with Crippen LogP contribution in [0.15, 0.2) is 6.07 Å². The second-order valence-corrected chi connectivity index (χ2v) is 5.63. The molecule has 4 rings (SSSR count). The number of aromatic carboxylic acids is 1. The van der Waals surface area contributed by atoms with Gasteiger partial charge in [-0.15, -0.1) is 0 Å². The SMILES string of the molecule is O=C(O)c1cc2c(nc1N1CC3CCOC3C1)COC2. The fraction of sp³-hybridized carbons (Fsp3) is 0.571. The zero-order valence-electron chi connectivity index (χ0n) is 11.0. The van der Waals surface area contributed by atoms with E-state index in [9.17, 15) is 9.90 Å². The molecule has 0 aromatic carbocycles. The van der Waals surface area contributed by atoms with Crippen LogP contribution in [0.5, 0.6) is 0 Å². The number of nitrogens with zero attached hydrogens (tertiary/aromatic N) is 2. The molecule has 0 radical (unpaired) electrons. The quantitative estimate of drug-likeness (QED) is 0.870. The highest BCUT2D eigenvalue weighted by molar-refractivity contribution is 5.93. The Labute approximate surface area is 116 Å². The molecule has 1 aromatic heterocycles. The number of carboxylic acid groups (broad SMARTS) is 1. The largest absolute Gasteiger partial charge is 0.478 e. The lowest BCUT2D eigenvalue weighted by Gasteiger charge is -2.21. The van der Waals surface area contributed by atoms with E-state index in [-0.39, 0.29) is 11.7 Å². The van der Waals surface area contributed by atoms with Crippen molar-refractivity contribution in [2.75, 3.05) is 24.6 Å². The first-order valence-electron chi connectivity index (χ1n) is 6.93. The van der Waals surface area contributed by atoms with Crippen molar-refractivity contribution < 1.29 is 19.4 Å². The van der Waals surface area contributed by atoms with Crippen molar-refractivity contribution in [2.45, 2.75) is 25.7 Å². The number of anilines is 1. The van der Waals surface area contributed by atoms with E-state index >= 15 is 0 Å². The zero-order valence-corrected chi connectivity index (χ0v) is 11.0. The molecule has 2 atom stereocenters. The Kier molecular flexibility index (Phi) is 2.68. The summed E-state index contributed by atoms with van der Waals surface area (Å²) in [5, 5.41) is 9.42. The fourth-order valence-electron chi connectivity index (χ4n) is 3.34. The summed E-state index contributed by atoms with van der Waals surface area (Å²) in [4.78, 5) is 18.1. The molecule has 4 heterocycles. The van der Waals surface area contributed by atoms with Crippen LogP contribution in [0.1, 0.15) is 28.0 Å². The standard InChI is InChI=1S/C14H16N2O4/c17-14(18)10-3-9-6-19-7-11(9)15-13(10)16-4-8-1-2-20-12(8)5-16/h3,8,12H,1-2,4-7H2,(H,17,18). The van der Waals surface area contributed by atoms with E-state index in [2.05, 4.69) is 9.88 Å². The van der Waals surface area contributed by atoms with E-state index in [0.717, 1.165) is 37.4 Å². The average molecular weight is 276 g/mol. The topological polar surface area (TPSA) is 71.9 Å². The molecule has 3 aliphatic rings. The number of pyridine rings is 1. The zero-order chi connectivity index (χ0) is 13.7. The van der Waals surface area contributed by atoms with Gasteiger partial charge in [-0.2, -0.15) is 0 Å². The summed E-state index contributed by atoms with van der Waals surface area (Å²) in [5.74, 6) is 0.142. The van der Waals surface area contributed by atoms with Crippen LogP contribution in [0.4, 0.5) is 5.82 Å². The number of rotatable bonds is 2. The van der Waals surface area contributed by atoms with Gasteiger partial charge in [0.1, 0.15) is 11.4 Å². The third kappa shape index (κ3) is 1.79. The van der Waals surface area contributed by atoms with Gasteiger partial charge in [-0.3, -0.25) is 0 Å². The molecule has 0 aliphatic carbocycles. The summed E-state index contributed by atoms with van der Waals surface area (Å²) >= 11 is 0. The van der Waals surface area contributed by atoms with Gasteiger partial charge in [0.2, 0.25) is 0 Å². The van der Waals surface area contributed by atoms with Crippen LogP contribution in [0, 0.1) is 5.92 Å². The highest BCUT2D eigenvalue weighted by Gasteiger charge is 2.39. The Bertz CT molecular complexity index is 563. The fourth-order valence-corrected chi connectivity index (χ4v) is 3.34. The third-order valence-corrected chi connectivity index (χ3v) is 4.40. The minimum absolute atomic E-state index is 0.225. The molecule has 106 valence electrons. The first-order chi connectivity index (χ1) is 9.72. The Hall–Kier alpha value is -1.66. The van der Waals surface area contributed by atoms with Gasteiger partial charge in [-0.05, 0) is 12.5 Å². The third-order valence-electron chi connectivity index (χ3n) is 4.40. The smallest absolute Gasteiger partial charge is 0.339 e. The average Bonchev–Trinajstić information content (AvgIpc) is 3.11. The van der Waals surface area contributed by atoms with Gasteiger partial charge in [0.25, 0.3) is 0 Å². The van der Waals surface area contributed by atoms with E-state index < -0.39 is 5.97 Å². The van der Waals surface area contributed by atoms with Gasteiger partial charge < -0.3 is 19.5 Å². The summed E-state index contributed by atoms with van der Waals surface area (Å²) in [6.45, 7) is 3.31. The van der Waals surface area contributed by atoms with Gasteiger partial charge in [0, 0.05) is 31.2 Å². The van der Waals surface area contributed by atoms with Gasteiger partial charge in [0.05, 0.1) is 25.0 Å². The van der Waals surface area contributed by atoms with Crippen LogP contribution in [0.3, 0.4) is 0 Å². The van der Waals surface area contributed by atoms with E-state index in [1.54, 1.807) is 6.07 Å². The second-order valence-electron chi connectivity index (χ2n) is 5.63. The highest BCUT2D eigenvalue weighted by Crippen LogP contribution is 2.34. The Morgan fingerprint density at radius 3 is 3.10 bits per heavy atom. The maximum absolute atomic E-state index is 11.5. The van der Waals surface area contributed by atoms with Crippen molar-refractivity contribution in [3.63, 3.8) is 0 Å². The predicted molar refractivity (Wildman–Crippen MR) is 69.7 cm³/mol. The molecular weight excluding hydrogens is 260 g/mol. The summed E-state index contributed by atoms with van der Waals surface area (Å²) in [6.07, 6.45) is 1.28. The number of fused-ring (bicyclic) bond motifs is 2. The molecule has 0 saturated carbocycles. The van der Waals surface area contributed by atoms with Crippen LogP contribution in [0.2, 0.25) is 0 Å². The summed E-state index contributed by atoms with van der Waals surface area (Å²) in [5.41, 5.74) is 2.03. The minimum Gasteiger partial charge on any atom is -0.478 e. The van der Waals surface area contributed by atoms with Crippen LogP contribution in [0.25, 0.3) is 0 Å². The predicted octanol–water partition coefficient (Wildman–Crippen LogP) is 1.04. The number of hydrogen-bond donors (Lipinski definition) is 1. The number of hydrogen-bond acceptors (Lipinski definition) is 5. The molecule has 2 saturated heterocycles. The van der Waals surface area contributed by atoms with Crippen LogP contribution in [-0.4, -0.2) is 41.9 Å². The molecule has 20 heavy (non-hydrogen) atoms. The molecule has 0 amide bonds. The lowest BCUT2D eigenvalue weighted by molar-refractivity contribution is 0.0696. The summed E-state index contributed by atoms with van der Waals surface area (Å²) in [7, 11) is 0.